The van der Waals surface area contributed by atoms with Crippen LogP contribution in [-0.2, 0) is 9.53 Å². The number of hydrogen-bond acceptors (Lipinski definition) is 4. The first-order chi connectivity index (χ1) is 8.00. The minimum absolute atomic E-state index is 0.129. The molecule has 7 nitrogen and oxygen atoms in total. The fraction of sp³-hybridized carbons (Fsp3) is 0.500. The lowest BCUT2D eigenvalue weighted by atomic mass is 9.95. The molecule has 1 aliphatic heterocycles. The summed E-state index contributed by atoms with van der Waals surface area (Å²) in [5.41, 5.74) is -0.0667. The standard InChI is InChI=1S/C10H13N3O4/c1-10(17-4-8(14)15)5-13(6-10)9(16)7-2-11-12-3-7/h2-3H,4-6H2,1H3,(H,11,12)(H,14,15). The summed E-state index contributed by atoms with van der Waals surface area (Å²) in [6, 6.07) is 0. The average molecular weight is 239 g/mol. The van der Waals surface area contributed by atoms with Gasteiger partial charge in [0.25, 0.3) is 5.91 Å². The topological polar surface area (TPSA) is 95.5 Å². The number of nitrogens with one attached hydrogen (secondary N) is 1. The Kier molecular flexibility index (Phi) is 2.84. The van der Waals surface area contributed by atoms with E-state index in [1.165, 1.54) is 12.4 Å². The highest BCUT2D eigenvalue weighted by molar-refractivity contribution is 5.94. The summed E-state index contributed by atoms with van der Waals surface area (Å²) < 4.78 is 5.21. The number of nitrogens with zero attached hydrogens (tertiary/aromatic N) is 2. The predicted molar refractivity (Wildman–Crippen MR) is 56.5 cm³/mol. The summed E-state index contributed by atoms with van der Waals surface area (Å²) in [5.74, 6) is -1.14. The van der Waals surface area contributed by atoms with Crippen LogP contribution in [-0.4, -0.2) is 57.4 Å². The number of aromatic amines is 1. The monoisotopic (exact) mass is 239 g/mol. The number of carboxylic acids is 1. The molecule has 1 fully saturated rings. The molecule has 0 unspecified atom stereocenters. The summed E-state index contributed by atoms with van der Waals surface area (Å²) >= 11 is 0. The number of rotatable bonds is 4. The molecule has 2 heterocycles. The highest BCUT2D eigenvalue weighted by Gasteiger charge is 2.43. The van der Waals surface area contributed by atoms with Gasteiger partial charge in [-0.3, -0.25) is 9.89 Å². The quantitative estimate of drug-likeness (QED) is 0.753. The van der Waals surface area contributed by atoms with E-state index >= 15 is 0 Å². The highest BCUT2D eigenvalue weighted by atomic mass is 16.5. The largest absolute Gasteiger partial charge is 0.480 e. The van der Waals surface area contributed by atoms with E-state index in [9.17, 15) is 9.59 Å². The van der Waals surface area contributed by atoms with E-state index in [-0.39, 0.29) is 12.5 Å². The molecule has 0 aliphatic carbocycles. The fourth-order valence-electron chi connectivity index (χ4n) is 1.78. The van der Waals surface area contributed by atoms with Gasteiger partial charge in [0.2, 0.25) is 0 Å². The lowest BCUT2D eigenvalue weighted by molar-refractivity contribution is -0.159. The summed E-state index contributed by atoms with van der Waals surface area (Å²) in [7, 11) is 0. The van der Waals surface area contributed by atoms with Gasteiger partial charge in [-0.05, 0) is 6.92 Å². The Labute approximate surface area is 97.4 Å². The zero-order valence-electron chi connectivity index (χ0n) is 9.34. The Morgan fingerprint density at radius 3 is 2.88 bits per heavy atom. The lowest BCUT2D eigenvalue weighted by Crippen LogP contribution is -2.63. The van der Waals surface area contributed by atoms with Crippen LogP contribution in [0.3, 0.4) is 0 Å². The zero-order chi connectivity index (χ0) is 12.5. The molecule has 0 saturated carbocycles. The molecule has 92 valence electrons. The lowest BCUT2D eigenvalue weighted by Gasteiger charge is -2.47. The number of hydrogen-bond donors (Lipinski definition) is 2. The molecule has 1 saturated heterocycles. The number of aliphatic carboxylic acids is 1. The second-order valence-corrected chi connectivity index (χ2v) is 4.28. The van der Waals surface area contributed by atoms with Crippen molar-refractivity contribution in [3.63, 3.8) is 0 Å². The van der Waals surface area contributed by atoms with Gasteiger partial charge >= 0.3 is 5.97 Å². The van der Waals surface area contributed by atoms with Gasteiger partial charge in [-0.25, -0.2) is 4.79 Å². The van der Waals surface area contributed by atoms with Gasteiger partial charge in [0.05, 0.1) is 24.8 Å². The van der Waals surface area contributed by atoms with E-state index in [1.54, 1.807) is 11.8 Å². The van der Waals surface area contributed by atoms with Crippen LogP contribution >= 0.6 is 0 Å². The van der Waals surface area contributed by atoms with Gasteiger partial charge in [-0.1, -0.05) is 0 Å². The van der Waals surface area contributed by atoms with Crippen molar-refractivity contribution in [3.8, 4) is 0 Å². The number of carbonyl (C=O) groups excluding carboxylic acids is 1. The molecule has 0 bridgehead atoms. The maximum absolute atomic E-state index is 11.8. The summed E-state index contributed by atoms with van der Waals surface area (Å²) in [5, 5.41) is 14.8. The molecule has 2 rings (SSSR count). The van der Waals surface area contributed by atoms with Crippen molar-refractivity contribution >= 4 is 11.9 Å². The van der Waals surface area contributed by atoms with Crippen LogP contribution in [0.1, 0.15) is 17.3 Å². The van der Waals surface area contributed by atoms with Crippen molar-refractivity contribution in [1.82, 2.24) is 15.1 Å². The molecule has 0 atom stereocenters. The number of ether oxygens (including phenoxy) is 1. The predicted octanol–water partition coefficient (Wildman–Crippen LogP) is -0.275. The molecular formula is C10H13N3O4. The summed E-state index contributed by atoms with van der Waals surface area (Å²) in [4.78, 5) is 23.8. The number of aromatic nitrogens is 2. The molecule has 1 amide bonds. The zero-order valence-corrected chi connectivity index (χ0v) is 9.34. The first-order valence-corrected chi connectivity index (χ1v) is 5.14. The molecule has 17 heavy (non-hydrogen) atoms. The number of amides is 1. The normalized spacial score (nSPS) is 17.6. The van der Waals surface area contributed by atoms with E-state index in [0.717, 1.165) is 0 Å². The molecule has 0 radical (unpaired) electrons. The van der Waals surface area contributed by atoms with Crippen molar-refractivity contribution in [2.45, 2.75) is 12.5 Å². The van der Waals surface area contributed by atoms with Crippen LogP contribution < -0.4 is 0 Å². The van der Waals surface area contributed by atoms with E-state index in [0.29, 0.717) is 18.7 Å². The Bertz CT molecular complexity index is 423. The van der Waals surface area contributed by atoms with Crippen molar-refractivity contribution in [2.75, 3.05) is 19.7 Å². The van der Waals surface area contributed by atoms with E-state index in [4.69, 9.17) is 9.84 Å². The minimum atomic E-state index is -1.01. The van der Waals surface area contributed by atoms with Crippen LogP contribution in [0, 0.1) is 0 Å². The second kappa shape index (κ2) is 4.17. The van der Waals surface area contributed by atoms with Gasteiger partial charge in [0.1, 0.15) is 12.2 Å². The number of likely N-dealkylation sites (tertiary alicyclic amines) is 1. The van der Waals surface area contributed by atoms with Crippen LogP contribution in [0.15, 0.2) is 12.4 Å². The molecule has 0 spiro atoms. The summed E-state index contributed by atoms with van der Waals surface area (Å²) in [6.45, 7) is 2.23. The van der Waals surface area contributed by atoms with Gasteiger partial charge in [0, 0.05) is 6.20 Å². The Balaban J connectivity index is 1.86. The smallest absolute Gasteiger partial charge is 0.329 e. The molecule has 1 aromatic rings. The molecule has 1 aliphatic rings. The molecule has 7 heteroatoms. The highest BCUT2D eigenvalue weighted by Crippen LogP contribution is 2.25. The maximum Gasteiger partial charge on any atom is 0.329 e. The van der Waals surface area contributed by atoms with Crippen LogP contribution in [0.4, 0.5) is 0 Å². The summed E-state index contributed by atoms with van der Waals surface area (Å²) in [6.07, 6.45) is 2.98. The third-order valence-electron chi connectivity index (χ3n) is 2.63. The van der Waals surface area contributed by atoms with Gasteiger partial charge < -0.3 is 14.7 Å². The SMILES string of the molecule is CC1(OCC(=O)O)CN(C(=O)c2cn[nH]c2)C1. The van der Waals surface area contributed by atoms with Crippen molar-refractivity contribution in [3.05, 3.63) is 18.0 Å². The molecular weight excluding hydrogens is 226 g/mol. The molecule has 1 aromatic heterocycles. The third kappa shape index (κ3) is 2.44. The van der Waals surface area contributed by atoms with Gasteiger partial charge in [-0.2, -0.15) is 5.10 Å². The van der Waals surface area contributed by atoms with Gasteiger partial charge in [0.15, 0.2) is 0 Å². The second-order valence-electron chi connectivity index (χ2n) is 4.28. The van der Waals surface area contributed by atoms with Crippen molar-refractivity contribution in [1.29, 1.82) is 0 Å². The van der Waals surface area contributed by atoms with Crippen molar-refractivity contribution < 1.29 is 19.4 Å². The molecule has 0 aromatic carbocycles. The molecule has 2 N–H and O–H groups in total. The van der Waals surface area contributed by atoms with Crippen LogP contribution in [0.5, 0.6) is 0 Å². The van der Waals surface area contributed by atoms with Crippen molar-refractivity contribution in [2.24, 2.45) is 0 Å². The van der Waals surface area contributed by atoms with Crippen LogP contribution in [0.25, 0.3) is 0 Å². The number of carboxylic acid groups (broad SMARTS) is 1. The van der Waals surface area contributed by atoms with Crippen LogP contribution in [0.2, 0.25) is 0 Å². The Morgan fingerprint density at radius 2 is 2.35 bits per heavy atom. The first kappa shape index (κ1) is 11.6. The first-order valence-electron chi connectivity index (χ1n) is 5.14. The number of carbonyl (C=O) groups is 2. The van der Waals surface area contributed by atoms with E-state index in [1.807, 2.05) is 0 Å². The maximum atomic E-state index is 11.8. The Morgan fingerprint density at radius 1 is 1.65 bits per heavy atom. The minimum Gasteiger partial charge on any atom is -0.480 e. The Hall–Kier alpha value is -1.89. The number of H-pyrrole nitrogens is 1. The van der Waals surface area contributed by atoms with E-state index < -0.39 is 11.6 Å². The third-order valence-corrected chi connectivity index (χ3v) is 2.63. The average Bonchev–Trinajstić information content (AvgIpc) is 2.74. The van der Waals surface area contributed by atoms with E-state index in [2.05, 4.69) is 10.2 Å². The fourth-order valence-corrected chi connectivity index (χ4v) is 1.78. The van der Waals surface area contributed by atoms with Gasteiger partial charge in [-0.15, -0.1) is 0 Å².